The molecule has 7 heteroatoms. The second-order valence-electron chi connectivity index (χ2n) is 4.37. The zero-order valence-electron chi connectivity index (χ0n) is 12.3. The van der Waals surface area contributed by atoms with Gasteiger partial charge in [0.05, 0.1) is 18.8 Å². The van der Waals surface area contributed by atoms with E-state index in [1.807, 2.05) is 0 Å². The normalized spacial score (nSPS) is 11.5. The first kappa shape index (κ1) is 16.5. The van der Waals surface area contributed by atoms with Crippen LogP contribution in [0.3, 0.4) is 0 Å². The van der Waals surface area contributed by atoms with Crippen LogP contribution in [0.15, 0.2) is 30.3 Å². The summed E-state index contributed by atoms with van der Waals surface area (Å²) in [6, 6.07) is 7.81. The van der Waals surface area contributed by atoms with Crippen LogP contribution in [0.5, 0.6) is 11.5 Å². The average Bonchev–Trinajstić information content (AvgIpc) is 2.47. The number of benzene rings is 2. The van der Waals surface area contributed by atoms with Crippen molar-refractivity contribution >= 4 is 24.9 Å². The second kappa shape index (κ2) is 6.92. The van der Waals surface area contributed by atoms with Gasteiger partial charge in [-0.1, -0.05) is 6.07 Å². The fourth-order valence-corrected chi connectivity index (χ4v) is 3.22. The minimum absolute atomic E-state index is 0.0922. The van der Waals surface area contributed by atoms with E-state index in [0.29, 0.717) is 22.8 Å². The molecule has 0 aliphatic rings. The summed E-state index contributed by atoms with van der Waals surface area (Å²) in [5.74, 6) is 0.200. The number of phenols is 1. The van der Waals surface area contributed by atoms with E-state index in [1.165, 1.54) is 6.07 Å². The molecule has 0 aliphatic heterocycles. The van der Waals surface area contributed by atoms with Gasteiger partial charge in [-0.2, -0.15) is 0 Å². The predicted molar refractivity (Wildman–Crippen MR) is 82.5 cm³/mol. The van der Waals surface area contributed by atoms with Gasteiger partial charge in [0.15, 0.2) is 6.29 Å². The third-order valence-corrected chi connectivity index (χ3v) is 4.50. The predicted octanol–water partition coefficient (Wildman–Crippen LogP) is 3.92. The molecule has 2 aromatic rings. The standard InChI is InChI=1S/C15H17O6P/c1-3-19-22(18,20-4-2)21-12-6-7-13-11(9-12)5-8-15(17)14(13)10-16/h5-10,17H,3-4H2,1-2H3. The van der Waals surface area contributed by atoms with Crippen molar-refractivity contribution in [3.05, 3.63) is 35.9 Å². The Kier molecular flexibility index (Phi) is 5.19. The monoisotopic (exact) mass is 324 g/mol. The number of aldehydes is 1. The highest BCUT2D eigenvalue weighted by Gasteiger charge is 2.27. The first-order valence-corrected chi connectivity index (χ1v) is 8.28. The van der Waals surface area contributed by atoms with Crippen LogP contribution in [0.2, 0.25) is 0 Å². The van der Waals surface area contributed by atoms with Crippen molar-refractivity contribution in [3.63, 3.8) is 0 Å². The third-order valence-electron chi connectivity index (χ3n) is 2.92. The van der Waals surface area contributed by atoms with Gasteiger partial charge in [-0.25, -0.2) is 4.57 Å². The van der Waals surface area contributed by atoms with E-state index in [9.17, 15) is 14.5 Å². The largest absolute Gasteiger partial charge is 0.530 e. The number of rotatable bonds is 7. The highest BCUT2D eigenvalue weighted by molar-refractivity contribution is 7.48. The van der Waals surface area contributed by atoms with Crippen LogP contribution in [0.4, 0.5) is 0 Å². The Hall–Kier alpha value is -1.88. The molecule has 2 rings (SSSR count). The Balaban J connectivity index is 2.39. The maximum absolute atomic E-state index is 12.3. The highest BCUT2D eigenvalue weighted by atomic mass is 31.2. The molecule has 2 aromatic carbocycles. The van der Waals surface area contributed by atoms with E-state index in [2.05, 4.69) is 0 Å². The molecule has 6 nitrogen and oxygen atoms in total. The quantitative estimate of drug-likeness (QED) is 0.614. The van der Waals surface area contributed by atoms with Gasteiger partial charge in [0.2, 0.25) is 0 Å². The molecule has 0 spiro atoms. The molecule has 1 N–H and O–H groups in total. The molecule has 0 radical (unpaired) electrons. The molecular weight excluding hydrogens is 307 g/mol. The third kappa shape index (κ3) is 3.47. The Morgan fingerprint density at radius 1 is 1.14 bits per heavy atom. The molecule has 0 amide bonds. The molecule has 0 heterocycles. The van der Waals surface area contributed by atoms with Gasteiger partial charge in [0.1, 0.15) is 11.5 Å². The summed E-state index contributed by atoms with van der Waals surface area (Å²) in [5, 5.41) is 10.9. The summed E-state index contributed by atoms with van der Waals surface area (Å²) < 4.78 is 27.8. The van der Waals surface area contributed by atoms with Gasteiger partial charge in [0, 0.05) is 0 Å². The molecule has 0 aromatic heterocycles. The summed E-state index contributed by atoms with van der Waals surface area (Å²) in [6.45, 7) is 3.76. The Morgan fingerprint density at radius 3 is 2.41 bits per heavy atom. The second-order valence-corrected chi connectivity index (χ2v) is 5.97. The fraction of sp³-hybridized carbons (Fsp3) is 0.267. The van der Waals surface area contributed by atoms with Gasteiger partial charge in [0.25, 0.3) is 0 Å². The Bertz CT molecular complexity index is 717. The van der Waals surface area contributed by atoms with E-state index in [4.69, 9.17) is 13.6 Å². The van der Waals surface area contributed by atoms with E-state index in [-0.39, 0.29) is 24.5 Å². The van der Waals surface area contributed by atoms with E-state index in [0.717, 1.165) is 0 Å². The average molecular weight is 324 g/mol. The topological polar surface area (TPSA) is 82.1 Å². The molecule has 0 saturated heterocycles. The summed E-state index contributed by atoms with van der Waals surface area (Å²) in [4.78, 5) is 11.0. The summed E-state index contributed by atoms with van der Waals surface area (Å²) in [5.41, 5.74) is 0.196. The fourth-order valence-electron chi connectivity index (χ4n) is 2.04. The van der Waals surface area contributed by atoms with Crippen LogP contribution in [0, 0.1) is 0 Å². The van der Waals surface area contributed by atoms with Crippen molar-refractivity contribution in [1.82, 2.24) is 0 Å². The van der Waals surface area contributed by atoms with Gasteiger partial charge in [-0.05, 0) is 48.9 Å². The molecule has 0 fully saturated rings. The maximum Gasteiger partial charge on any atom is 0.530 e. The smallest absolute Gasteiger partial charge is 0.507 e. The van der Waals surface area contributed by atoms with E-state index >= 15 is 0 Å². The van der Waals surface area contributed by atoms with Gasteiger partial charge >= 0.3 is 7.82 Å². The summed E-state index contributed by atoms with van der Waals surface area (Å²) >= 11 is 0. The number of fused-ring (bicyclic) bond motifs is 1. The van der Waals surface area contributed by atoms with Crippen LogP contribution >= 0.6 is 7.82 Å². The first-order chi connectivity index (χ1) is 10.5. The number of hydrogen-bond acceptors (Lipinski definition) is 6. The summed E-state index contributed by atoms with van der Waals surface area (Å²) in [7, 11) is -3.67. The number of hydrogen-bond donors (Lipinski definition) is 1. The van der Waals surface area contributed by atoms with Crippen molar-refractivity contribution in [2.75, 3.05) is 13.2 Å². The van der Waals surface area contributed by atoms with E-state index < -0.39 is 7.82 Å². The van der Waals surface area contributed by atoms with Crippen LogP contribution < -0.4 is 4.52 Å². The molecular formula is C15H17O6P. The lowest BCUT2D eigenvalue weighted by Crippen LogP contribution is -2.02. The van der Waals surface area contributed by atoms with Crippen LogP contribution in [-0.4, -0.2) is 24.6 Å². The maximum atomic E-state index is 12.3. The minimum Gasteiger partial charge on any atom is -0.507 e. The van der Waals surface area contributed by atoms with Crippen molar-refractivity contribution < 1.29 is 28.0 Å². The first-order valence-electron chi connectivity index (χ1n) is 6.82. The van der Waals surface area contributed by atoms with Gasteiger partial charge in [-0.15, -0.1) is 0 Å². The number of phosphoric ester groups is 1. The molecule has 0 unspecified atom stereocenters. The summed E-state index contributed by atoms with van der Waals surface area (Å²) in [6.07, 6.45) is 0.587. The van der Waals surface area contributed by atoms with Gasteiger partial charge in [-0.3, -0.25) is 13.8 Å². The van der Waals surface area contributed by atoms with Crippen molar-refractivity contribution in [1.29, 1.82) is 0 Å². The van der Waals surface area contributed by atoms with Crippen LogP contribution in [0.1, 0.15) is 24.2 Å². The lowest BCUT2D eigenvalue weighted by molar-refractivity contribution is 0.112. The Morgan fingerprint density at radius 2 is 1.82 bits per heavy atom. The number of aromatic hydroxyl groups is 1. The number of phenolic OH excluding ortho intramolecular Hbond substituents is 1. The van der Waals surface area contributed by atoms with Crippen molar-refractivity contribution in [2.24, 2.45) is 0 Å². The number of carbonyl (C=O) groups is 1. The van der Waals surface area contributed by atoms with E-state index in [1.54, 1.807) is 38.1 Å². The lowest BCUT2D eigenvalue weighted by atomic mass is 10.0. The molecule has 118 valence electrons. The zero-order valence-corrected chi connectivity index (χ0v) is 13.2. The molecule has 0 atom stereocenters. The zero-order chi connectivity index (χ0) is 16.2. The number of carbonyl (C=O) groups excluding carboxylic acids is 1. The lowest BCUT2D eigenvalue weighted by Gasteiger charge is -2.17. The van der Waals surface area contributed by atoms with Gasteiger partial charge < -0.3 is 9.63 Å². The van der Waals surface area contributed by atoms with Crippen LogP contribution in [0.25, 0.3) is 10.8 Å². The Labute approximate surface area is 128 Å². The molecule has 0 saturated carbocycles. The van der Waals surface area contributed by atoms with Crippen LogP contribution in [-0.2, 0) is 13.6 Å². The molecule has 0 bridgehead atoms. The minimum atomic E-state index is -3.67. The highest BCUT2D eigenvalue weighted by Crippen LogP contribution is 2.49. The number of phosphoric acid groups is 1. The SMILES string of the molecule is CCOP(=O)(OCC)Oc1ccc2c(C=O)c(O)ccc2c1. The molecule has 0 aliphatic carbocycles. The van der Waals surface area contributed by atoms with Crippen molar-refractivity contribution in [3.8, 4) is 11.5 Å². The van der Waals surface area contributed by atoms with Crippen molar-refractivity contribution in [2.45, 2.75) is 13.8 Å². The molecule has 22 heavy (non-hydrogen) atoms.